The van der Waals surface area contributed by atoms with Gasteiger partial charge in [-0.05, 0) is 42.2 Å². The molecular formula is C36H54O3S. The molecule has 0 N–H and O–H groups in total. The molecule has 3 nitrogen and oxygen atoms in total. The summed E-state index contributed by atoms with van der Waals surface area (Å²) < 4.78 is 16.3. The third-order valence-electron chi connectivity index (χ3n) is 7.71. The van der Waals surface area contributed by atoms with Gasteiger partial charge in [-0.15, -0.1) is 0 Å². The normalized spacial score (nSPS) is 11.2. The highest BCUT2D eigenvalue weighted by molar-refractivity contribution is 7.81. The van der Waals surface area contributed by atoms with Crippen molar-refractivity contribution in [3.8, 4) is 17.2 Å². The maximum absolute atomic E-state index is 5.68. The lowest BCUT2D eigenvalue weighted by Gasteiger charge is -2.12. The Kier molecular flexibility index (Phi) is 18.1. The van der Waals surface area contributed by atoms with E-state index in [1.807, 2.05) is 24.3 Å². The molecule has 0 bridgehead atoms. The fourth-order valence-electron chi connectivity index (χ4n) is 5.16. The minimum atomic E-state index is 0.638. The van der Waals surface area contributed by atoms with Crippen molar-refractivity contribution in [2.75, 3.05) is 21.3 Å². The summed E-state index contributed by atoms with van der Waals surface area (Å²) >= 11 is 5.68. The van der Waals surface area contributed by atoms with Crippen LogP contribution >= 0.6 is 12.2 Å². The third-order valence-corrected chi connectivity index (χ3v) is 8.08. The first-order valence-electron chi connectivity index (χ1n) is 15.7. The summed E-state index contributed by atoms with van der Waals surface area (Å²) in [5.74, 6) is 2.01. The van der Waals surface area contributed by atoms with Crippen LogP contribution in [0.25, 0.3) is 6.08 Å². The van der Waals surface area contributed by atoms with Gasteiger partial charge in [0.15, 0.2) is 11.5 Å². The molecule has 0 amide bonds. The first-order chi connectivity index (χ1) is 19.6. The fraction of sp³-hybridized carbons (Fsp3) is 0.583. The molecule has 0 spiro atoms. The molecule has 222 valence electrons. The van der Waals surface area contributed by atoms with Gasteiger partial charge in [-0.1, -0.05) is 140 Å². The number of allylic oxidation sites excluding steroid dienone is 1. The standard InChI is InChI=1S/C36H54O3S/c1-5-6-7-8-9-10-11-12-13-14-15-16-17-18-19-20-21-30-22-24-31(25-23-30)36(40)27-26-32-28-34(38-3)35(39-4)29-33(32)37-2/h22-29H,5-21H2,1-4H3. The SMILES string of the molecule is CCCCCCCCCCCCCCCCCCc1ccc(C(=S)C=Cc2cc(OC)c(OC)cc2OC)cc1. The second-order valence-corrected chi connectivity index (χ2v) is 11.3. The zero-order valence-corrected chi connectivity index (χ0v) is 26.6. The fourth-order valence-corrected chi connectivity index (χ4v) is 5.36. The van der Waals surface area contributed by atoms with E-state index in [-0.39, 0.29) is 0 Å². The van der Waals surface area contributed by atoms with Gasteiger partial charge in [-0.2, -0.15) is 0 Å². The van der Waals surface area contributed by atoms with E-state index in [9.17, 15) is 0 Å². The smallest absolute Gasteiger partial charge is 0.164 e. The maximum Gasteiger partial charge on any atom is 0.164 e. The van der Waals surface area contributed by atoms with Gasteiger partial charge in [0.25, 0.3) is 0 Å². The van der Waals surface area contributed by atoms with Crippen LogP contribution < -0.4 is 14.2 Å². The minimum absolute atomic E-state index is 0.638. The monoisotopic (exact) mass is 566 g/mol. The third kappa shape index (κ3) is 13.4. The van der Waals surface area contributed by atoms with Gasteiger partial charge in [0.2, 0.25) is 0 Å². The molecule has 2 aromatic rings. The Bertz CT molecular complexity index is 980. The number of methoxy groups -OCH3 is 3. The average molecular weight is 567 g/mol. The summed E-state index contributed by atoms with van der Waals surface area (Å²) in [6, 6.07) is 12.4. The van der Waals surface area contributed by atoms with Crippen molar-refractivity contribution >= 4 is 23.2 Å². The molecule has 0 radical (unpaired) electrons. The predicted octanol–water partition coefficient (Wildman–Crippen LogP) is 10.9. The summed E-state index contributed by atoms with van der Waals surface area (Å²) in [6.45, 7) is 2.29. The van der Waals surface area contributed by atoms with Crippen LogP contribution in [-0.2, 0) is 6.42 Å². The van der Waals surface area contributed by atoms with Gasteiger partial charge in [-0.3, -0.25) is 0 Å². The van der Waals surface area contributed by atoms with Crippen LogP contribution in [0.1, 0.15) is 126 Å². The first kappa shape index (κ1) is 33.9. The lowest BCUT2D eigenvalue weighted by Crippen LogP contribution is -1.96. The van der Waals surface area contributed by atoms with Gasteiger partial charge >= 0.3 is 0 Å². The molecule has 0 saturated heterocycles. The quantitative estimate of drug-likeness (QED) is 0.0578. The Hall–Kier alpha value is -2.33. The molecule has 0 aromatic heterocycles. The number of hydrogen-bond donors (Lipinski definition) is 0. The van der Waals surface area contributed by atoms with Gasteiger partial charge in [0.05, 0.1) is 21.3 Å². The molecule has 0 unspecified atom stereocenters. The van der Waals surface area contributed by atoms with Crippen LogP contribution in [0.3, 0.4) is 0 Å². The number of ether oxygens (including phenoxy) is 3. The highest BCUT2D eigenvalue weighted by Gasteiger charge is 2.10. The van der Waals surface area contributed by atoms with E-state index in [1.54, 1.807) is 21.3 Å². The molecule has 0 saturated carbocycles. The highest BCUT2D eigenvalue weighted by atomic mass is 32.1. The molecule has 0 atom stereocenters. The minimum Gasteiger partial charge on any atom is -0.496 e. The topological polar surface area (TPSA) is 27.7 Å². The highest BCUT2D eigenvalue weighted by Crippen LogP contribution is 2.35. The summed E-state index contributed by atoms with van der Waals surface area (Å²) in [4.78, 5) is 0.797. The van der Waals surface area contributed by atoms with Crippen molar-refractivity contribution in [3.05, 3.63) is 59.2 Å². The molecular weight excluding hydrogens is 512 g/mol. The van der Waals surface area contributed by atoms with E-state index in [1.165, 1.54) is 108 Å². The molecule has 4 heteroatoms. The van der Waals surface area contributed by atoms with Crippen LogP contribution in [0.5, 0.6) is 17.2 Å². The van der Waals surface area contributed by atoms with Gasteiger partial charge in [-0.25, -0.2) is 0 Å². The summed E-state index contributed by atoms with van der Waals surface area (Å²) in [7, 11) is 4.89. The van der Waals surface area contributed by atoms with E-state index in [0.29, 0.717) is 17.2 Å². The van der Waals surface area contributed by atoms with Gasteiger partial charge in [0.1, 0.15) is 5.75 Å². The van der Waals surface area contributed by atoms with Crippen molar-refractivity contribution in [1.29, 1.82) is 0 Å². The molecule has 2 rings (SSSR count). The Labute approximate surface area is 250 Å². The van der Waals surface area contributed by atoms with Crippen LogP contribution in [0.15, 0.2) is 42.5 Å². The van der Waals surface area contributed by atoms with E-state index in [4.69, 9.17) is 26.4 Å². The van der Waals surface area contributed by atoms with E-state index in [2.05, 4.69) is 31.2 Å². The number of thiocarbonyl (C=S) groups is 1. The van der Waals surface area contributed by atoms with Crippen LogP contribution in [0.4, 0.5) is 0 Å². The van der Waals surface area contributed by atoms with Crippen LogP contribution in [-0.4, -0.2) is 26.2 Å². The largest absolute Gasteiger partial charge is 0.496 e. The van der Waals surface area contributed by atoms with Crippen molar-refractivity contribution in [1.82, 2.24) is 0 Å². The number of hydrogen-bond acceptors (Lipinski definition) is 4. The summed E-state index contributed by atoms with van der Waals surface area (Å²) in [6.07, 6.45) is 27.6. The molecule has 0 aliphatic carbocycles. The molecule has 0 heterocycles. The van der Waals surface area contributed by atoms with Crippen molar-refractivity contribution in [3.63, 3.8) is 0 Å². The van der Waals surface area contributed by atoms with Crippen LogP contribution in [0, 0.1) is 0 Å². The molecule has 2 aromatic carbocycles. The zero-order chi connectivity index (χ0) is 28.8. The Balaban J connectivity index is 1.59. The van der Waals surface area contributed by atoms with E-state index < -0.39 is 0 Å². The number of benzene rings is 2. The maximum atomic E-state index is 5.68. The number of unbranched alkanes of at least 4 members (excludes halogenated alkanes) is 15. The first-order valence-corrected chi connectivity index (χ1v) is 16.1. The van der Waals surface area contributed by atoms with Gasteiger partial charge < -0.3 is 14.2 Å². The lowest BCUT2D eigenvalue weighted by molar-refractivity contribution is 0.348. The van der Waals surface area contributed by atoms with E-state index >= 15 is 0 Å². The van der Waals surface area contributed by atoms with E-state index in [0.717, 1.165) is 22.4 Å². The molecule has 0 aliphatic rings. The number of rotatable bonds is 23. The molecule has 0 aliphatic heterocycles. The van der Waals surface area contributed by atoms with Crippen molar-refractivity contribution in [2.45, 2.75) is 116 Å². The predicted molar refractivity (Wildman–Crippen MR) is 177 cm³/mol. The summed E-state index contributed by atoms with van der Waals surface area (Å²) in [5, 5.41) is 0. The Morgan fingerprint density at radius 3 is 1.52 bits per heavy atom. The van der Waals surface area contributed by atoms with Gasteiger partial charge in [0, 0.05) is 16.5 Å². The average Bonchev–Trinajstić information content (AvgIpc) is 2.99. The molecule has 0 fully saturated rings. The van der Waals surface area contributed by atoms with Crippen molar-refractivity contribution in [2.24, 2.45) is 0 Å². The summed E-state index contributed by atoms with van der Waals surface area (Å²) in [5.41, 5.74) is 3.34. The number of aryl methyl sites for hydroxylation is 1. The second-order valence-electron chi connectivity index (χ2n) is 10.9. The van der Waals surface area contributed by atoms with Crippen LogP contribution in [0.2, 0.25) is 0 Å². The Morgan fingerprint density at radius 1 is 0.600 bits per heavy atom. The Morgan fingerprint density at radius 2 is 1.05 bits per heavy atom. The molecule has 40 heavy (non-hydrogen) atoms. The van der Waals surface area contributed by atoms with Crippen molar-refractivity contribution < 1.29 is 14.2 Å². The zero-order valence-electron chi connectivity index (χ0n) is 25.8. The lowest BCUT2D eigenvalue weighted by atomic mass is 10.0. The second kappa shape index (κ2) is 21.4.